The molecule has 0 aliphatic rings. The van der Waals surface area contributed by atoms with Crippen LogP contribution in [0.2, 0.25) is 10.0 Å². The van der Waals surface area contributed by atoms with Crippen molar-refractivity contribution in [2.24, 2.45) is 12.9 Å². The summed E-state index contributed by atoms with van der Waals surface area (Å²) in [4.78, 5) is 19.3. The van der Waals surface area contributed by atoms with E-state index >= 15 is 0 Å². The summed E-state index contributed by atoms with van der Waals surface area (Å²) in [7, 11) is 1.53. The zero-order valence-corrected chi connectivity index (χ0v) is 10.8. The standard InChI is InChI=1S/C10H9Cl2N5O/c1-17-8(14-9(16-13)15-10(17)18)7-5(11)3-2-4-6(7)12/h2-4H,13H2,1H3,(H,15,16,18). The van der Waals surface area contributed by atoms with Crippen LogP contribution in [0.5, 0.6) is 0 Å². The van der Waals surface area contributed by atoms with E-state index in [9.17, 15) is 4.79 Å². The zero-order valence-electron chi connectivity index (χ0n) is 9.32. The number of hydrazine groups is 1. The van der Waals surface area contributed by atoms with Crippen LogP contribution in [-0.4, -0.2) is 14.5 Å². The van der Waals surface area contributed by atoms with E-state index in [1.54, 1.807) is 18.2 Å². The van der Waals surface area contributed by atoms with Crippen LogP contribution in [0.25, 0.3) is 11.4 Å². The molecular weight excluding hydrogens is 277 g/mol. The Kier molecular flexibility index (Phi) is 3.51. The smallest absolute Gasteiger partial charge is 0.292 e. The SMILES string of the molecule is Cn1c(-c2c(Cl)cccc2Cl)nc(NN)nc1=O. The second-order valence-electron chi connectivity index (χ2n) is 3.45. The number of nitrogens with one attached hydrogen (secondary N) is 1. The van der Waals surface area contributed by atoms with Gasteiger partial charge >= 0.3 is 5.69 Å². The Morgan fingerprint density at radius 1 is 1.28 bits per heavy atom. The summed E-state index contributed by atoms with van der Waals surface area (Å²) >= 11 is 12.1. The summed E-state index contributed by atoms with van der Waals surface area (Å²) in [6.07, 6.45) is 0. The van der Waals surface area contributed by atoms with Gasteiger partial charge in [0.2, 0.25) is 5.95 Å². The minimum atomic E-state index is -0.510. The molecule has 0 amide bonds. The van der Waals surface area contributed by atoms with Crippen LogP contribution in [0.15, 0.2) is 23.0 Å². The van der Waals surface area contributed by atoms with E-state index in [0.29, 0.717) is 21.4 Å². The molecule has 18 heavy (non-hydrogen) atoms. The van der Waals surface area contributed by atoms with Crippen molar-refractivity contribution in [2.45, 2.75) is 0 Å². The molecule has 0 aliphatic heterocycles. The lowest BCUT2D eigenvalue weighted by atomic mass is 10.2. The fourth-order valence-electron chi connectivity index (χ4n) is 1.46. The van der Waals surface area contributed by atoms with Gasteiger partial charge in [0.05, 0.1) is 15.6 Å². The molecule has 0 radical (unpaired) electrons. The van der Waals surface area contributed by atoms with E-state index in [-0.39, 0.29) is 5.95 Å². The number of nitrogens with two attached hydrogens (primary N) is 1. The van der Waals surface area contributed by atoms with E-state index in [1.165, 1.54) is 11.6 Å². The molecule has 8 heteroatoms. The largest absolute Gasteiger partial charge is 0.352 e. The highest BCUT2D eigenvalue weighted by Gasteiger charge is 2.15. The van der Waals surface area contributed by atoms with E-state index in [1.807, 2.05) is 0 Å². The zero-order chi connectivity index (χ0) is 13.3. The van der Waals surface area contributed by atoms with Gasteiger partial charge in [-0.2, -0.15) is 9.97 Å². The third-order valence-corrected chi connectivity index (χ3v) is 2.96. The second-order valence-corrected chi connectivity index (χ2v) is 4.27. The molecular formula is C10H9Cl2N5O. The Hall–Kier alpha value is -1.63. The monoisotopic (exact) mass is 285 g/mol. The van der Waals surface area contributed by atoms with Gasteiger partial charge in [-0.05, 0) is 12.1 Å². The molecule has 1 aromatic heterocycles. The predicted octanol–water partition coefficient (Wildman–Crippen LogP) is 1.43. The lowest BCUT2D eigenvalue weighted by Gasteiger charge is -2.11. The van der Waals surface area contributed by atoms with Gasteiger partial charge in [0, 0.05) is 7.05 Å². The molecule has 94 valence electrons. The van der Waals surface area contributed by atoms with Gasteiger partial charge in [0.15, 0.2) is 5.82 Å². The molecule has 0 aliphatic carbocycles. The van der Waals surface area contributed by atoms with Crippen molar-refractivity contribution >= 4 is 29.2 Å². The second kappa shape index (κ2) is 4.93. The average Bonchev–Trinajstić information content (AvgIpc) is 2.33. The van der Waals surface area contributed by atoms with E-state index in [4.69, 9.17) is 29.0 Å². The minimum absolute atomic E-state index is 0.00378. The van der Waals surface area contributed by atoms with Crippen molar-refractivity contribution in [3.63, 3.8) is 0 Å². The van der Waals surface area contributed by atoms with Crippen molar-refractivity contribution in [1.82, 2.24) is 14.5 Å². The Balaban J connectivity index is 2.78. The van der Waals surface area contributed by atoms with Gasteiger partial charge in [-0.15, -0.1) is 0 Å². The third kappa shape index (κ3) is 2.17. The van der Waals surface area contributed by atoms with Crippen LogP contribution in [0.4, 0.5) is 5.95 Å². The number of anilines is 1. The van der Waals surface area contributed by atoms with E-state index in [0.717, 1.165) is 0 Å². The number of rotatable bonds is 2. The minimum Gasteiger partial charge on any atom is -0.292 e. The molecule has 1 heterocycles. The van der Waals surface area contributed by atoms with Crippen LogP contribution >= 0.6 is 23.2 Å². The Bertz CT molecular complexity index is 635. The molecule has 0 atom stereocenters. The van der Waals surface area contributed by atoms with Crippen molar-refractivity contribution in [3.8, 4) is 11.4 Å². The Morgan fingerprint density at radius 3 is 2.44 bits per heavy atom. The maximum atomic E-state index is 11.6. The lowest BCUT2D eigenvalue weighted by Crippen LogP contribution is -2.26. The van der Waals surface area contributed by atoms with Gasteiger partial charge < -0.3 is 0 Å². The highest BCUT2D eigenvalue weighted by molar-refractivity contribution is 6.38. The molecule has 0 spiro atoms. The van der Waals surface area contributed by atoms with Gasteiger partial charge in [-0.25, -0.2) is 10.6 Å². The number of nitrogen functional groups attached to an aromatic ring is 1. The first kappa shape index (κ1) is 12.8. The summed E-state index contributed by atoms with van der Waals surface area (Å²) < 4.78 is 1.24. The van der Waals surface area contributed by atoms with Crippen LogP contribution in [0.1, 0.15) is 0 Å². The first-order valence-electron chi connectivity index (χ1n) is 4.90. The highest BCUT2D eigenvalue weighted by atomic mass is 35.5. The van der Waals surface area contributed by atoms with Crippen LogP contribution < -0.4 is 17.0 Å². The molecule has 0 unspecified atom stereocenters. The number of halogens is 2. The first-order chi connectivity index (χ1) is 8.54. The number of hydrogen-bond acceptors (Lipinski definition) is 5. The number of benzene rings is 1. The molecule has 0 saturated carbocycles. The van der Waals surface area contributed by atoms with Gasteiger partial charge in [-0.1, -0.05) is 29.3 Å². The fraction of sp³-hybridized carbons (Fsp3) is 0.100. The quantitative estimate of drug-likeness (QED) is 0.644. The van der Waals surface area contributed by atoms with Crippen molar-refractivity contribution in [2.75, 3.05) is 5.43 Å². The third-order valence-electron chi connectivity index (χ3n) is 2.33. The maximum absolute atomic E-state index is 11.6. The first-order valence-corrected chi connectivity index (χ1v) is 5.66. The van der Waals surface area contributed by atoms with Crippen LogP contribution in [-0.2, 0) is 7.05 Å². The van der Waals surface area contributed by atoms with Crippen molar-refractivity contribution in [1.29, 1.82) is 0 Å². The topological polar surface area (TPSA) is 85.8 Å². The molecule has 0 fully saturated rings. The van der Waals surface area contributed by atoms with Crippen LogP contribution in [0.3, 0.4) is 0 Å². The normalized spacial score (nSPS) is 10.4. The van der Waals surface area contributed by atoms with E-state index in [2.05, 4.69) is 15.4 Å². The predicted molar refractivity (Wildman–Crippen MR) is 70.5 cm³/mol. The average molecular weight is 286 g/mol. The molecule has 0 bridgehead atoms. The van der Waals surface area contributed by atoms with Gasteiger partial charge in [-0.3, -0.25) is 9.99 Å². The maximum Gasteiger partial charge on any atom is 0.352 e. The Morgan fingerprint density at radius 2 is 1.89 bits per heavy atom. The van der Waals surface area contributed by atoms with Gasteiger partial charge in [0.25, 0.3) is 0 Å². The lowest BCUT2D eigenvalue weighted by molar-refractivity contribution is 0.785. The van der Waals surface area contributed by atoms with Crippen LogP contribution in [0, 0.1) is 0 Å². The molecule has 1 aromatic carbocycles. The van der Waals surface area contributed by atoms with Crippen molar-refractivity contribution in [3.05, 3.63) is 38.7 Å². The molecule has 2 rings (SSSR count). The number of aromatic nitrogens is 3. The van der Waals surface area contributed by atoms with Gasteiger partial charge in [0.1, 0.15) is 0 Å². The fourth-order valence-corrected chi connectivity index (χ4v) is 2.02. The molecule has 3 N–H and O–H groups in total. The Labute approximate surface area is 112 Å². The number of nitrogens with zero attached hydrogens (tertiary/aromatic N) is 3. The van der Waals surface area contributed by atoms with E-state index < -0.39 is 5.69 Å². The molecule has 2 aromatic rings. The van der Waals surface area contributed by atoms with Crippen molar-refractivity contribution < 1.29 is 0 Å². The summed E-state index contributed by atoms with van der Waals surface area (Å²) in [5.41, 5.74) is 2.17. The highest BCUT2D eigenvalue weighted by Crippen LogP contribution is 2.32. The summed E-state index contributed by atoms with van der Waals surface area (Å²) in [6, 6.07) is 5.02. The number of hydrogen-bond donors (Lipinski definition) is 2. The summed E-state index contributed by atoms with van der Waals surface area (Å²) in [6.45, 7) is 0. The molecule has 0 saturated heterocycles. The molecule has 6 nitrogen and oxygen atoms in total. The summed E-state index contributed by atoms with van der Waals surface area (Å²) in [5, 5.41) is 0.776. The summed E-state index contributed by atoms with van der Waals surface area (Å²) in [5.74, 6) is 5.50.